The van der Waals surface area contributed by atoms with Gasteiger partial charge in [0.25, 0.3) is 0 Å². The molecule has 1 rings (SSSR count). The molecule has 0 aromatic heterocycles. The van der Waals surface area contributed by atoms with Crippen molar-refractivity contribution >= 4 is 0 Å². The summed E-state index contributed by atoms with van der Waals surface area (Å²) in [5, 5.41) is 0. The van der Waals surface area contributed by atoms with E-state index in [4.69, 9.17) is 0 Å². The number of nitrogens with zero attached hydrogens (tertiary/aromatic N) is 1. The first-order valence-corrected chi connectivity index (χ1v) is 7.59. The fourth-order valence-electron chi connectivity index (χ4n) is 3.11. The van der Waals surface area contributed by atoms with Crippen molar-refractivity contribution < 1.29 is 0 Å². The largest absolute Gasteiger partial charge is 0.303 e. The Kier molecular flexibility index (Phi) is 5.50. The molecule has 0 aromatic carbocycles. The molecule has 1 atom stereocenters. The molecule has 1 aliphatic rings. The average Bonchev–Trinajstić information content (AvgIpc) is 2.28. The molecule has 1 aliphatic heterocycles. The normalized spacial score (nSPS) is 22.1. The number of hydrogen-bond donors (Lipinski definition) is 0. The maximum atomic E-state index is 2.66. The van der Waals surface area contributed by atoms with Gasteiger partial charge in [0, 0.05) is 6.54 Å². The molecule has 1 heterocycles. The van der Waals surface area contributed by atoms with E-state index in [1.54, 1.807) is 0 Å². The lowest BCUT2D eigenvalue weighted by atomic mass is 9.68. The Labute approximate surface area is 109 Å². The van der Waals surface area contributed by atoms with Crippen molar-refractivity contribution in [3.8, 4) is 0 Å². The van der Waals surface area contributed by atoms with E-state index in [0.717, 1.165) is 17.8 Å². The summed E-state index contributed by atoms with van der Waals surface area (Å²) in [5.74, 6) is 2.64. The second-order valence-corrected chi connectivity index (χ2v) is 7.16. The zero-order chi connectivity index (χ0) is 13.1. The van der Waals surface area contributed by atoms with Crippen LogP contribution < -0.4 is 0 Å². The Morgan fingerprint density at radius 1 is 1.12 bits per heavy atom. The quantitative estimate of drug-likeness (QED) is 0.686. The Balaban J connectivity index is 2.41. The van der Waals surface area contributed by atoms with E-state index in [9.17, 15) is 0 Å². The van der Waals surface area contributed by atoms with Gasteiger partial charge >= 0.3 is 0 Å². The standard InChI is InChI=1S/C16H33N/c1-7-16(5,6)14(4)15-8-10-17(11-9-15)12-13(2)3/h13-15H,7-12H2,1-6H3. The summed E-state index contributed by atoms with van der Waals surface area (Å²) < 4.78 is 0. The summed E-state index contributed by atoms with van der Waals surface area (Å²) in [6.07, 6.45) is 4.13. The van der Waals surface area contributed by atoms with Crippen molar-refractivity contribution in [1.29, 1.82) is 0 Å². The van der Waals surface area contributed by atoms with E-state index in [0.29, 0.717) is 5.41 Å². The van der Waals surface area contributed by atoms with Gasteiger partial charge in [0.1, 0.15) is 0 Å². The van der Waals surface area contributed by atoms with Crippen molar-refractivity contribution in [2.45, 2.75) is 60.8 Å². The molecule has 0 bridgehead atoms. The summed E-state index contributed by atoms with van der Waals surface area (Å²) in [7, 11) is 0. The Morgan fingerprint density at radius 2 is 1.65 bits per heavy atom. The van der Waals surface area contributed by atoms with Crippen molar-refractivity contribution in [2.24, 2.45) is 23.2 Å². The second kappa shape index (κ2) is 6.22. The lowest BCUT2D eigenvalue weighted by Gasteiger charge is -2.41. The number of hydrogen-bond acceptors (Lipinski definition) is 1. The molecule has 1 unspecified atom stereocenters. The molecule has 0 amide bonds. The number of rotatable bonds is 5. The lowest BCUT2D eigenvalue weighted by Crippen LogP contribution is -2.40. The fourth-order valence-corrected chi connectivity index (χ4v) is 3.11. The Hall–Kier alpha value is -0.0400. The average molecular weight is 239 g/mol. The van der Waals surface area contributed by atoms with Gasteiger partial charge in [0.15, 0.2) is 0 Å². The van der Waals surface area contributed by atoms with Crippen molar-refractivity contribution in [3.05, 3.63) is 0 Å². The Morgan fingerprint density at radius 3 is 2.06 bits per heavy atom. The molecule has 102 valence electrons. The minimum absolute atomic E-state index is 0.519. The highest BCUT2D eigenvalue weighted by Crippen LogP contribution is 2.39. The third kappa shape index (κ3) is 4.28. The van der Waals surface area contributed by atoms with E-state index < -0.39 is 0 Å². The smallest absolute Gasteiger partial charge is 0.000439 e. The minimum Gasteiger partial charge on any atom is -0.303 e. The SMILES string of the molecule is CCC(C)(C)C(C)C1CCN(CC(C)C)CC1. The summed E-state index contributed by atoms with van der Waals surface area (Å²) in [6.45, 7) is 18.3. The van der Waals surface area contributed by atoms with Gasteiger partial charge in [-0.3, -0.25) is 0 Å². The van der Waals surface area contributed by atoms with Gasteiger partial charge in [0.05, 0.1) is 0 Å². The van der Waals surface area contributed by atoms with Crippen LogP contribution in [-0.2, 0) is 0 Å². The summed E-state index contributed by atoms with van der Waals surface area (Å²) >= 11 is 0. The molecule has 1 fully saturated rings. The number of piperidine rings is 1. The highest BCUT2D eigenvalue weighted by Gasteiger charge is 2.32. The zero-order valence-corrected chi connectivity index (χ0v) is 12.9. The molecular weight excluding hydrogens is 206 g/mol. The highest BCUT2D eigenvalue weighted by molar-refractivity contribution is 4.83. The van der Waals surface area contributed by atoms with Crippen LogP contribution in [0.25, 0.3) is 0 Å². The molecule has 0 saturated carbocycles. The topological polar surface area (TPSA) is 3.24 Å². The summed E-state index contributed by atoms with van der Waals surface area (Å²) in [6, 6.07) is 0. The van der Waals surface area contributed by atoms with Crippen LogP contribution in [0.3, 0.4) is 0 Å². The molecule has 1 nitrogen and oxygen atoms in total. The predicted octanol–water partition coefficient (Wildman–Crippen LogP) is 4.43. The third-order valence-electron chi connectivity index (χ3n) is 5.11. The molecule has 17 heavy (non-hydrogen) atoms. The van der Waals surface area contributed by atoms with Gasteiger partial charge in [-0.15, -0.1) is 0 Å². The second-order valence-electron chi connectivity index (χ2n) is 7.16. The van der Waals surface area contributed by atoms with Crippen molar-refractivity contribution in [3.63, 3.8) is 0 Å². The van der Waals surface area contributed by atoms with E-state index in [1.165, 1.54) is 38.9 Å². The molecule has 0 N–H and O–H groups in total. The van der Waals surface area contributed by atoms with E-state index in [2.05, 4.69) is 46.4 Å². The van der Waals surface area contributed by atoms with Gasteiger partial charge in [-0.25, -0.2) is 0 Å². The lowest BCUT2D eigenvalue weighted by molar-refractivity contribution is 0.0804. The van der Waals surface area contributed by atoms with Crippen molar-refractivity contribution in [1.82, 2.24) is 4.90 Å². The monoisotopic (exact) mass is 239 g/mol. The van der Waals surface area contributed by atoms with E-state index >= 15 is 0 Å². The third-order valence-corrected chi connectivity index (χ3v) is 5.11. The van der Waals surface area contributed by atoms with Crippen LogP contribution in [0.15, 0.2) is 0 Å². The van der Waals surface area contributed by atoms with Gasteiger partial charge in [-0.2, -0.15) is 0 Å². The molecule has 0 aromatic rings. The van der Waals surface area contributed by atoms with Gasteiger partial charge in [-0.05, 0) is 49.1 Å². The van der Waals surface area contributed by atoms with Crippen LogP contribution in [0.2, 0.25) is 0 Å². The van der Waals surface area contributed by atoms with Crippen LogP contribution in [-0.4, -0.2) is 24.5 Å². The fraction of sp³-hybridized carbons (Fsp3) is 1.00. The van der Waals surface area contributed by atoms with E-state index in [1.807, 2.05) is 0 Å². The van der Waals surface area contributed by atoms with Crippen LogP contribution in [0, 0.1) is 23.2 Å². The zero-order valence-electron chi connectivity index (χ0n) is 12.9. The maximum Gasteiger partial charge on any atom is 0.000439 e. The molecule has 0 radical (unpaired) electrons. The van der Waals surface area contributed by atoms with Crippen LogP contribution >= 0.6 is 0 Å². The highest BCUT2D eigenvalue weighted by atomic mass is 15.1. The number of likely N-dealkylation sites (tertiary alicyclic amines) is 1. The van der Waals surface area contributed by atoms with Gasteiger partial charge in [-0.1, -0.05) is 48.0 Å². The first kappa shape index (κ1) is 15.0. The molecular formula is C16H33N. The minimum atomic E-state index is 0.519. The van der Waals surface area contributed by atoms with Gasteiger partial charge < -0.3 is 4.90 Å². The van der Waals surface area contributed by atoms with Crippen LogP contribution in [0.1, 0.15) is 60.8 Å². The van der Waals surface area contributed by atoms with Crippen LogP contribution in [0.4, 0.5) is 0 Å². The van der Waals surface area contributed by atoms with Crippen molar-refractivity contribution in [2.75, 3.05) is 19.6 Å². The molecule has 1 heteroatoms. The van der Waals surface area contributed by atoms with Gasteiger partial charge in [0.2, 0.25) is 0 Å². The molecule has 0 spiro atoms. The van der Waals surface area contributed by atoms with E-state index in [-0.39, 0.29) is 0 Å². The maximum absolute atomic E-state index is 2.66. The first-order valence-electron chi connectivity index (χ1n) is 7.59. The first-order chi connectivity index (χ1) is 7.86. The predicted molar refractivity (Wildman–Crippen MR) is 77.2 cm³/mol. The molecule has 0 aliphatic carbocycles. The Bertz CT molecular complexity index is 212. The van der Waals surface area contributed by atoms with Crippen LogP contribution in [0.5, 0.6) is 0 Å². The summed E-state index contributed by atoms with van der Waals surface area (Å²) in [5.41, 5.74) is 0.519. The molecule has 1 saturated heterocycles. The summed E-state index contributed by atoms with van der Waals surface area (Å²) in [4.78, 5) is 2.66.